The minimum Gasteiger partial charge on any atom is -0.496 e. The molecule has 2 N–H and O–H groups in total. The van der Waals surface area contributed by atoms with E-state index in [1.54, 1.807) is 0 Å². The Labute approximate surface area is 284 Å². The van der Waals surface area contributed by atoms with Gasteiger partial charge < -0.3 is 29.6 Å². The van der Waals surface area contributed by atoms with Crippen molar-refractivity contribution in [3.63, 3.8) is 0 Å². The standard InChI is InChI=1S/C31H36F3IN2O9S/c1-30(29(40)45-4)10-8-18(9-11-30)46-26-15-22(25(44-3)16-23(26)32)28(39)37-24-14-19(43-2)13-21(24)27(38)36-17-6-5-7-20(12-17)47(41,42)31(33,34)35/h5-7,12,15-16,18-19,21,24H,8-11,13-14H2,1-4H3,(H,36,38)(H,37,39)/t18?,19-,21+,24-,30?/m1/s1. The number of carbonyl (C=O) groups excluding carboxylic acids is 3. The molecule has 0 saturated heterocycles. The number of nitrogens with one attached hydrogen (secondary N) is 2. The molecule has 2 aliphatic carbocycles. The van der Waals surface area contributed by atoms with Gasteiger partial charge in [0.2, 0.25) is 5.91 Å². The zero-order chi connectivity index (χ0) is 34.7. The first-order chi connectivity index (χ1) is 22.0. The number of amides is 2. The van der Waals surface area contributed by atoms with E-state index in [0.717, 1.165) is 18.2 Å². The van der Waals surface area contributed by atoms with Gasteiger partial charge in [0.25, 0.3) is 15.7 Å². The third-order valence-electron chi connectivity index (χ3n) is 8.73. The van der Waals surface area contributed by atoms with Crippen LogP contribution in [0.15, 0.2) is 41.3 Å². The first-order valence-electron chi connectivity index (χ1n) is 14.7. The smallest absolute Gasteiger partial charge is 0.398 e. The van der Waals surface area contributed by atoms with Crippen molar-refractivity contribution in [2.45, 2.75) is 71.9 Å². The summed E-state index contributed by atoms with van der Waals surface area (Å²) in [5.41, 5.74) is -0.733. The number of benzene rings is 2. The summed E-state index contributed by atoms with van der Waals surface area (Å²) in [6.07, 6.45) is 1.49. The lowest BCUT2D eigenvalue weighted by Gasteiger charge is -2.35. The van der Waals surface area contributed by atoms with Crippen LogP contribution in [0.1, 0.15) is 55.8 Å². The molecule has 0 unspecified atom stereocenters. The second-order valence-corrected chi connectivity index (χ2v) is 15.9. The molecule has 2 aliphatic rings. The Morgan fingerprint density at radius 1 is 1.00 bits per heavy atom. The number of hydrogen-bond acceptors (Lipinski definition) is 9. The van der Waals surface area contributed by atoms with E-state index in [0.29, 0.717) is 48.3 Å². The Morgan fingerprint density at radius 2 is 1.68 bits per heavy atom. The largest absolute Gasteiger partial charge is 0.496 e. The molecule has 258 valence electrons. The maximum atomic E-state index is 15.1. The fourth-order valence-electron chi connectivity index (χ4n) is 5.94. The van der Waals surface area contributed by atoms with Crippen LogP contribution in [0.4, 0.5) is 18.9 Å². The van der Waals surface area contributed by atoms with Crippen molar-refractivity contribution in [2.24, 2.45) is 11.3 Å². The molecule has 16 heteroatoms. The van der Waals surface area contributed by atoms with Gasteiger partial charge in [-0.2, -0.15) is 8.78 Å². The molecule has 0 aromatic heterocycles. The highest BCUT2D eigenvalue weighted by Gasteiger charge is 2.44. The summed E-state index contributed by atoms with van der Waals surface area (Å²) in [6.45, 7) is 1.81. The molecule has 0 heterocycles. The Kier molecular flexibility index (Phi) is 11.4. The van der Waals surface area contributed by atoms with Gasteiger partial charge >= 0.3 is 9.23 Å². The van der Waals surface area contributed by atoms with Crippen LogP contribution >= 0.6 is 22.6 Å². The van der Waals surface area contributed by atoms with Gasteiger partial charge in [-0.25, -0.2) is 12.8 Å². The number of ether oxygens (including phenoxy) is 4. The molecule has 0 spiro atoms. The topological polar surface area (TPSA) is 146 Å². The highest BCUT2D eigenvalue weighted by Crippen LogP contribution is 2.40. The van der Waals surface area contributed by atoms with Crippen molar-refractivity contribution < 1.29 is 54.9 Å². The molecular formula is C31H36F3IN2O9S. The average Bonchev–Trinajstić information content (AvgIpc) is 3.44. The Morgan fingerprint density at radius 3 is 2.28 bits per heavy atom. The van der Waals surface area contributed by atoms with Crippen LogP contribution in [-0.4, -0.2) is 69.0 Å². The van der Waals surface area contributed by atoms with Gasteiger partial charge in [0.1, 0.15) is 5.75 Å². The number of alkyl halides is 3. The third-order valence-corrected chi connectivity index (χ3v) is 12.0. The van der Waals surface area contributed by atoms with Crippen molar-refractivity contribution in [3.8, 4) is 11.5 Å². The summed E-state index contributed by atoms with van der Waals surface area (Å²) < 4.78 is 84.4. The van der Waals surface area contributed by atoms with E-state index in [9.17, 15) is 31.6 Å². The molecular weight excluding hydrogens is 760 g/mol. The minimum atomic E-state index is -5.00. The maximum Gasteiger partial charge on any atom is 0.398 e. The van der Waals surface area contributed by atoms with E-state index >= 15 is 4.39 Å². The van der Waals surface area contributed by atoms with Crippen LogP contribution < -0.4 is 20.1 Å². The summed E-state index contributed by atoms with van der Waals surface area (Å²) in [6, 6.07) is 6.00. The molecule has 2 aromatic carbocycles. The molecule has 2 aromatic rings. The molecule has 2 amide bonds. The fourth-order valence-corrected chi connectivity index (χ4v) is 7.51. The van der Waals surface area contributed by atoms with Gasteiger partial charge in [-0.15, -0.1) is 0 Å². The van der Waals surface area contributed by atoms with E-state index in [4.69, 9.17) is 18.9 Å². The van der Waals surface area contributed by atoms with Crippen LogP contribution in [0.2, 0.25) is 0 Å². The number of anilines is 1. The number of hydrogen-bond donors (Lipinski definition) is 2. The van der Waals surface area contributed by atoms with Crippen LogP contribution in [0.25, 0.3) is 0 Å². The molecule has 2 saturated carbocycles. The normalized spacial score (nSPS) is 24.7. The van der Waals surface area contributed by atoms with Crippen LogP contribution in [0.5, 0.6) is 11.5 Å². The Balaban J connectivity index is 1.50. The lowest BCUT2D eigenvalue weighted by atomic mass is 9.75. The molecule has 47 heavy (non-hydrogen) atoms. The summed E-state index contributed by atoms with van der Waals surface area (Å²) >= 11 is 0.527. The monoisotopic (exact) mass is 796 g/mol. The third kappa shape index (κ3) is 8.13. The quantitative estimate of drug-likeness (QED) is 0.177. The van der Waals surface area contributed by atoms with Gasteiger partial charge in [0.05, 0.1) is 48.2 Å². The molecule has 0 bridgehead atoms. The minimum absolute atomic E-state index is 0.0284. The van der Waals surface area contributed by atoms with E-state index in [1.165, 1.54) is 39.5 Å². The van der Waals surface area contributed by atoms with Crippen molar-refractivity contribution in [3.05, 3.63) is 47.8 Å². The van der Waals surface area contributed by atoms with Crippen molar-refractivity contribution in [1.29, 1.82) is 0 Å². The van der Waals surface area contributed by atoms with Crippen molar-refractivity contribution in [1.82, 2.24) is 5.32 Å². The number of sulfone groups is 1. The van der Waals surface area contributed by atoms with Gasteiger partial charge in [-0.1, -0.05) is 6.07 Å². The van der Waals surface area contributed by atoms with Gasteiger partial charge in [0.15, 0.2) is 11.6 Å². The second kappa shape index (κ2) is 14.6. The number of carbonyl (C=O) groups is 3. The van der Waals surface area contributed by atoms with E-state index in [2.05, 4.69) is 10.6 Å². The molecule has 2 fully saturated rings. The van der Waals surface area contributed by atoms with Gasteiger partial charge in [-0.05, 0) is 69.7 Å². The number of esters is 1. The zero-order valence-corrected chi connectivity index (χ0v) is 29.1. The van der Waals surface area contributed by atoms with Crippen LogP contribution in [0.3, 0.4) is 0 Å². The van der Waals surface area contributed by atoms with Crippen molar-refractivity contribution >= 4 is 55.9 Å². The summed E-state index contributed by atoms with van der Waals surface area (Å²) in [7, 11) is -0.942. The first kappa shape index (κ1) is 36.7. The maximum absolute atomic E-state index is 15.1. The van der Waals surface area contributed by atoms with E-state index < -0.39 is 65.2 Å². The number of halogens is 4. The summed E-state index contributed by atoms with van der Waals surface area (Å²) in [5, 5.41) is 5.36. The average molecular weight is 797 g/mol. The molecule has 0 aliphatic heterocycles. The summed E-state index contributed by atoms with van der Waals surface area (Å²) in [5.74, 6) is -3.44. The lowest BCUT2D eigenvalue weighted by Crippen LogP contribution is -2.42. The molecule has 4 rings (SSSR count). The molecule has 11 nitrogen and oxygen atoms in total. The van der Waals surface area contributed by atoms with E-state index in [-0.39, 0.29) is 41.6 Å². The highest BCUT2D eigenvalue weighted by atomic mass is 127. The molecule has 0 radical (unpaired) electrons. The lowest BCUT2D eigenvalue weighted by molar-refractivity contribution is -0.154. The fraction of sp³-hybridized carbons (Fsp3) is 0.516. The summed E-state index contributed by atoms with van der Waals surface area (Å²) in [4.78, 5) is 38.4. The Bertz CT molecular complexity index is 1610. The second-order valence-electron chi connectivity index (χ2n) is 11.8. The van der Waals surface area contributed by atoms with E-state index in [1.807, 2.05) is 6.92 Å². The number of rotatable bonds is 11. The predicted octanol–water partition coefficient (Wildman–Crippen LogP) is 5.26. The molecule has 3 atom stereocenters. The zero-order valence-electron chi connectivity index (χ0n) is 26.1. The predicted molar refractivity (Wildman–Crippen MR) is 172 cm³/mol. The Hall–Kier alpha value is -3.12. The van der Waals surface area contributed by atoms with Crippen LogP contribution in [0, 0.1) is 17.2 Å². The van der Waals surface area contributed by atoms with Gasteiger partial charge in [-0.3, -0.25) is 14.4 Å². The first-order valence-corrected chi connectivity index (χ1v) is 17.3. The van der Waals surface area contributed by atoms with Crippen molar-refractivity contribution in [2.75, 3.05) is 26.6 Å². The highest BCUT2D eigenvalue weighted by molar-refractivity contribution is 14.1. The SMILES string of the molecule is COC(=O)C1(C)CCC(Oc2cc(C(=O)N[C@@H]3C[C@H](OC)C[C@@H]3C(=O)Nc3cccc(S(=O)(=O)C(F)(F)I)c3)c(OC)cc2F)CC1. The van der Waals surface area contributed by atoms with Gasteiger partial charge in [0, 0.05) is 47.5 Å². The number of methoxy groups -OCH3 is 3. The van der Waals surface area contributed by atoms with Crippen LogP contribution in [-0.2, 0) is 28.9 Å².